The van der Waals surface area contributed by atoms with Crippen LogP contribution in [0.2, 0.25) is 0 Å². The van der Waals surface area contributed by atoms with E-state index in [1.165, 1.54) is 0 Å². The molecule has 0 aliphatic carbocycles. The summed E-state index contributed by atoms with van der Waals surface area (Å²) >= 11 is 0. The lowest BCUT2D eigenvalue weighted by Crippen LogP contribution is -1.85. The molecule has 0 N–H and O–H groups in total. The second kappa shape index (κ2) is 5.93. The summed E-state index contributed by atoms with van der Waals surface area (Å²) in [5.41, 5.74) is 1.99. The van der Waals surface area contributed by atoms with Crippen LogP contribution in [-0.2, 0) is 6.54 Å². The molecule has 0 aliphatic heterocycles. The molecular formula is C16H13N3O. The topological polar surface area (TPSA) is 51.3 Å². The Bertz CT molecular complexity index is 690. The first-order chi connectivity index (χ1) is 9.92. The third-order valence-electron chi connectivity index (χ3n) is 2.77. The van der Waals surface area contributed by atoms with E-state index in [1.807, 2.05) is 60.7 Å². The quantitative estimate of drug-likeness (QED) is 0.678. The van der Waals surface area contributed by atoms with Gasteiger partial charge in [-0.25, -0.2) is 0 Å². The Morgan fingerprint density at radius 2 is 1.65 bits per heavy atom. The van der Waals surface area contributed by atoms with Gasteiger partial charge in [-0.1, -0.05) is 65.8 Å². The van der Waals surface area contributed by atoms with Crippen molar-refractivity contribution >= 4 is 6.21 Å². The number of aliphatic imine (C=N–C) groups is 1. The lowest BCUT2D eigenvalue weighted by Gasteiger charge is -1.91. The van der Waals surface area contributed by atoms with Gasteiger partial charge in [-0.2, -0.15) is 4.98 Å². The van der Waals surface area contributed by atoms with Crippen LogP contribution in [0.4, 0.5) is 0 Å². The minimum absolute atomic E-state index is 0.384. The Hall–Kier alpha value is -2.75. The van der Waals surface area contributed by atoms with E-state index >= 15 is 0 Å². The molecule has 3 aromatic rings. The number of nitrogens with zero attached hydrogens (tertiary/aromatic N) is 3. The summed E-state index contributed by atoms with van der Waals surface area (Å²) in [4.78, 5) is 8.62. The van der Waals surface area contributed by atoms with Crippen LogP contribution < -0.4 is 0 Å². The van der Waals surface area contributed by atoms with Gasteiger partial charge in [0.25, 0.3) is 0 Å². The molecule has 3 rings (SSSR count). The van der Waals surface area contributed by atoms with Gasteiger partial charge in [-0.3, -0.25) is 4.99 Å². The molecular weight excluding hydrogens is 250 g/mol. The fraction of sp³-hybridized carbons (Fsp3) is 0.0625. The van der Waals surface area contributed by atoms with Crippen molar-refractivity contribution in [2.45, 2.75) is 6.54 Å². The highest BCUT2D eigenvalue weighted by Crippen LogP contribution is 2.14. The molecule has 0 amide bonds. The number of benzene rings is 2. The Kier molecular flexibility index (Phi) is 3.64. The number of aromatic nitrogens is 2. The highest BCUT2D eigenvalue weighted by Gasteiger charge is 2.06. The minimum Gasteiger partial charge on any atom is -0.337 e. The highest BCUT2D eigenvalue weighted by atomic mass is 16.5. The van der Waals surface area contributed by atoms with Crippen molar-refractivity contribution in [3.05, 3.63) is 72.1 Å². The first kappa shape index (κ1) is 12.3. The second-order valence-corrected chi connectivity index (χ2v) is 4.26. The van der Waals surface area contributed by atoms with Crippen molar-refractivity contribution < 1.29 is 4.52 Å². The number of hydrogen-bond donors (Lipinski definition) is 0. The maximum absolute atomic E-state index is 5.18. The van der Waals surface area contributed by atoms with E-state index in [2.05, 4.69) is 15.1 Å². The van der Waals surface area contributed by atoms with Crippen LogP contribution in [0.1, 0.15) is 11.5 Å². The molecule has 4 heteroatoms. The molecule has 20 heavy (non-hydrogen) atoms. The average molecular weight is 263 g/mol. The van der Waals surface area contributed by atoms with Crippen LogP contribution >= 0.6 is 0 Å². The van der Waals surface area contributed by atoms with E-state index in [9.17, 15) is 0 Å². The molecule has 1 heterocycles. The fourth-order valence-electron chi connectivity index (χ4n) is 1.79. The van der Waals surface area contributed by atoms with Gasteiger partial charge in [0.05, 0.1) is 0 Å². The summed E-state index contributed by atoms with van der Waals surface area (Å²) in [5.74, 6) is 1.10. The Morgan fingerprint density at radius 3 is 2.40 bits per heavy atom. The molecule has 0 radical (unpaired) electrons. The van der Waals surface area contributed by atoms with Crippen molar-refractivity contribution in [2.75, 3.05) is 0 Å². The molecule has 0 bridgehead atoms. The van der Waals surface area contributed by atoms with Crippen LogP contribution in [-0.4, -0.2) is 16.4 Å². The zero-order valence-corrected chi connectivity index (χ0v) is 10.8. The lowest BCUT2D eigenvalue weighted by molar-refractivity contribution is 0.381. The zero-order chi connectivity index (χ0) is 13.6. The Morgan fingerprint density at radius 1 is 0.950 bits per heavy atom. The van der Waals surface area contributed by atoms with Crippen molar-refractivity contribution in [3.8, 4) is 11.4 Å². The molecule has 98 valence electrons. The third kappa shape index (κ3) is 2.98. The van der Waals surface area contributed by atoms with Gasteiger partial charge in [0, 0.05) is 11.8 Å². The zero-order valence-electron chi connectivity index (χ0n) is 10.8. The number of rotatable bonds is 4. The summed E-state index contributed by atoms with van der Waals surface area (Å²) in [5, 5.41) is 3.95. The van der Waals surface area contributed by atoms with Crippen LogP contribution in [0.25, 0.3) is 11.4 Å². The monoisotopic (exact) mass is 263 g/mol. The van der Waals surface area contributed by atoms with E-state index in [4.69, 9.17) is 4.52 Å². The molecule has 0 spiro atoms. The maximum Gasteiger partial charge on any atom is 0.248 e. The van der Waals surface area contributed by atoms with Crippen molar-refractivity contribution in [1.29, 1.82) is 0 Å². The van der Waals surface area contributed by atoms with E-state index < -0.39 is 0 Å². The Labute approximate surface area is 116 Å². The molecule has 0 aliphatic rings. The summed E-state index contributed by atoms with van der Waals surface area (Å²) in [7, 11) is 0. The highest BCUT2D eigenvalue weighted by molar-refractivity contribution is 5.79. The first-order valence-electron chi connectivity index (χ1n) is 6.35. The summed E-state index contributed by atoms with van der Waals surface area (Å²) < 4.78 is 5.18. The molecule has 2 aromatic carbocycles. The maximum atomic E-state index is 5.18. The van der Waals surface area contributed by atoms with Gasteiger partial charge < -0.3 is 4.52 Å². The van der Waals surface area contributed by atoms with Crippen molar-refractivity contribution in [2.24, 2.45) is 4.99 Å². The standard InChI is InChI=1S/C16H13N3O/c1-3-7-13(8-4-1)11-17-12-15-18-16(19-20-15)14-9-5-2-6-10-14/h1-11H,12H2. The van der Waals surface area contributed by atoms with Gasteiger partial charge in [-0.05, 0) is 5.56 Å². The predicted octanol–water partition coefficient (Wildman–Crippen LogP) is 3.36. The number of hydrogen-bond acceptors (Lipinski definition) is 4. The van der Waals surface area contributed by atoms with Crippen LogP contribution in [0.5, 0.6) is 0 Å². The largest absolute Gasteiger partial charge is 0.337 e. The molecule has 4 nitrogen and oxygen atoms in total. The molecule has 0 fully saturated rings. The van der Waals surface area contributed by atoms with Crippen LogP contribution in [0.3, 0.4) is 0 Å². The summed E-state index contributed by atoms with van der Waals surface area (Å²) in [6, 6.07) is 19.6. The minimum atomic E-state index is 0.384. The van der Waals surface area contributed by atoms with Gasteiger partial charge in [0.1, 0.15) is 6.54 Å². The Balaban J connectivity index is 1.68. The molecule has 0 unspecified atom stereocenters. The van der Waals surface area contributed by atoms with Gasteiger partial charge in [0.15, 0.2) is 0 Å². The van der Waals surface area contributed by atoms with Gasteiger partial charge >= 0.3 is 0 Å². The first-order valence-corrected chi connectivity index (χ1v) is 6.35. The second-order valence-electron chi connectivity index (χ2n) is 4.26. The predicted molar refractivity (Wildman–Crippen MR) is 77.5 cm³/mol. The summed E-state index contributed by atoms with van der Waals surface area (Å²) in [6.45, 7) is 0.384. The summed E-state index contributed by atoms with van der Waals surface area (Å²) in [6.07, 6.45) is 1.80. The van der Waals surface area contributed by atoms with E-state index in [0.29, 0.717) is 18.3 Å². The molecule has 0 saturated heterocycles. The van der Waals surface area contributed by atoms with E-state index in [1.54, 1.807) is 6.21 Å². The van der Waals surface area contributed by atoms with Gasteiger partial charge in [-0.15, -0.1) is 0 Å². The smallest absolute Gasteiger partial charge is 0.248 e. The van der Waals surface area contributed by atoms with E-state index in [0.717, 1.165) is 11.1 Å². The van der Waals surface area contributed by atoms with Gasteiger partial charge in [0.2, 0.25) is 11.7 Å². The molecule has 0 saturated carbocycles. The van der Waals surface area contributed by atoms with Crippen molar-refractivity contribution in [3.63, 3.8) is 0 Å². The van der Waals surface area contributed by atoms with E-state index in [-0.39, 0.29) is 0 Å². The molecule has 0 atom stereocenters. The normalized spacial score (nSPS) is 11.0. The lowest BCUT2D eigenvalue weighted by atomic mass is 10.2. The van der Waals surface area contributed by atoms with Crippen molar-refractivity contribution in [1.82, 2.24) is 10.1 Å². The third-order valence-corrected chi connectivity index (χ3v) is 2.77. The molecule has 1 aromatic heterocycles. The average Bonchev–Trinajstić information content (AvgIpc) is 2.98. The van der Waals surface area contributed by atoms with Crippen LogP contribution in [0.15, 0.2) is 70.2 Å². The fourth-order valence-corrected chi connectivity index (χ4v) is 1.79. The van der Waals surface area contributed by atoms with Crippen LogP contribution in [0, 0.1) is 0 Å². The SMILES string of the molecule is C(=NCc1nc(-c2ccccc2)no1)c1ccccc1.